The second-order valence-electron chi connectivity index (χ2n) is 3.28. The van der Waals surface area contributed by atoms with Gasteiger partial charge in [-0.25, -0.2) is 0 Å². The van der Waals surface area contributed by atoms with Crippen LogP contribution in [0.1, 0.15) is 17.2 Å². The largest absolute Gasteiger partial charge is 0.399 e. The van der Waals surface area contributed by atoms with Crippen molar-refractivity contribution in [3.8, 4) is 0 Å². The van der Waals surface area contributed by atoms with E-state index in [0.717, 1.165) is 5.56 Å². The maximum Gasteiger partial charge on any atom is 0.106 e. The third-order valence-corrected chi connectivity index (χ3v) is 2.47. The van der Waals surface area contributed by atoms with Crippen LogP contribution < -0.4 is 5.73 Å². The molecule has 4 heteroatoms. The van der Waals surface area contributed by atoms with Crippen molar-refractivity contribution >= 4 is 17.3 Å². The summed E-state index contributed by atoms with van der Waals surface area (Å²) < 4.78 is 0. The van der Waals surface area contributed by atoms with Crippen molar-refractivity contribution in [2.45, 2.75) is 19.1 Å². The minimum absolute atomic E-state index is 0.00455. The van der Waals surface area contributed by atoms with E-state index >= 15 is 0 Å². The molecule has 0 fully saturated rings. The van der Waals surface area contributed by atoms with E-state index in [-0.39, 0.29) is 5.88 Å². The zero-order chi connectivity index (χ0) is 10.7. The molecular weight excluding hydrogens is 202 g/mol. The predicted molar refractivity (Wildman–Crippen MR) is 57.3 cm³/mol. The number of halogens is 1. The van der Waals surface area contributed by atoms with Gasteiger partial charge in [0.25, 0.3) is 0 Å². The normalized spacial score (nSPS) is 15.1. The summed E-state index contributed by atoms with van der Waals surface area (Å²) in [6, 6.07) is 5.13. The fraction of sp³-hybridized carbons (Fsp3) is 0.400. The number of hydrogen-bond acceptors (Lipinski definition) is 3. The molecule has 0 aliphatic carbocycles. The van der Waals surface area contributed by atoms with Gasteiger partial charge in [0.1, 0.15) is 6.10 Å². The van der Waals surface area contributed by atoms with Gasteiger partial charge in [-0.1, -0.05) is 12.1 Å². The Kier molecular flexibility index (Phi) is 3.75. The van der Waals surface area contributed by atoms with Gasteiger partial charge in [0, 0.05) is 5.69 Å². The standard InChI is InChI=1S/C10H14ClNO2/c1-6-4-7(2-3-8(6)12)10(14)9(13)5-11/h2-4,9-10,13-14H,5,12H2,1H3. The van der Waals surface area contributed by atoms with Crippen LogP contribution in [0.3, 0.4) is 0 Å². The van der Waals surface area contributed by atoms with Crippen LogP contribution in [0.4, 0.5) is 5.69 Å². The second kappa shape index (κ2) is 4.64. The van der Waals surface area contributed by atoms with Gasteiger partial charge in [-0.15, -0.1) is 11.6 Å². The van der Waals surface area contributed by atoms with E-state index in [2.05, 4.69) is 0 Å². The Morgan fingerprint density at radius 3 is 2.57 bits per heavy atom. The van der Waals surface area contributed by atoms with Gasteiger partial charge in [-0.05, 0) is 24.1 Å². The van der Waals surface area contributed by atoms with E-state index < -0.39 is 12.2 Å². The number of rotatable bonds is 3. The summed E-state index contributed by atoms with van der Waals surface area (Å²) in [6.45, 7) is 1.85. The number of nitrogens with two attached hydrogens (primary N) is 1. The summed E-state index contributed by atoms with van der Waals surface area (Å²) in [5.74, 6) is 0.00455. The molecule has 2 atom stereocenters. The van der Waals surface area contributed by atoms with Crippen molar-refractivity contribution in [1.82, 2.24) is 0 Å². The van der Waals surface area contributed by atoms with Gasteiger partial charge in [0.2, 0.25) is 0 Å². The van der Waals surface area contributed by atoms with Crippen LogP contribution in [0.5, 0.6) is 0 Å². The molecule has 0 radical (unpaired) electrons. The summed E-state index contributed by atoms with van der Waals surface area (Å²) in [6.07, 6.45) is -1.90. The first-order valence-corrected chi connectivity index (χ1v) is 4.88. The van der Waals surface area contributed by atoms with Crippen LogP contribution in [0.2, 0.25) is 0 Å². The highest BCUT2D eigenvalue weighted by Gasteiger charge is 2.17. The van der Waals surface area contributed by atoms with Crippen molar-refractivity contribution in [3.05, 3.63) is 29.3 Å². The fourth-order valence-corrected chi connectivity index (χ4v) is 1.36. The first-order valence-electron chi connectivity index (χ1n) is 4.34. The third-order valence-electron chi connectivity index (χ3n) is 2.16. The predicted octanol–water partition coefficient (Wildman–Crippen LogP) is 1.21. The minimum atomic E-state index is -0.952. The first-order chi connectivity index (χ1) is 6.56. The molecule has 0 heterocycles. The minimum Gasteiger partial charge on any atom is -0.399 e. The number of nitrogen functional groups attached to an aromatic ring is 1. The van der Waals surface area contributed by atoms with Crippen molar-refractivity contribution in [3.63, 3.8) is 0 Å². The van der Waals surface area contributed by atoms with E-state index in [1.165, 1.54) is 0 Å². The van der Waals surface area contributed by atoms with Gasteiger partial charge in [0.05, 0.1) is 12.0 Å². The lowest BCUT2D eigenvalue weighted by atomic mass is 10.0. The Labute approximate surface area is 88.1 Å². The lowest BCUT2D eigenvalue weighted by Gasteiger charge is -2.16. The van der Waals surface area contributed by atoms with Crippen LogP contribution in [0, 0.1) is 6.92 Å². The maximum atomic E-state index is 9.63. The average molecular weight is 216 g/mol. The number of benzene rings is 1. The van der Waals surface area contributed by atoms with Crippen LogP contribution in [0.25, 0.3) is 0 Å². The molecule has 0 aromatic heterocycles. The maximum absolute atomic E-state index is 9.63. The topological polar surface area (TPSA) is 66.5 Å². The Hall–Kier alpha value is -0.770. The molecule has 0 amide bonds. The van der Waals surface area contributed by atoms with Gasteiger partial charge >= 0.3 is 0 Å². The molecule has 1 aromatic carbocycles. The first kappa shape index (κ1) is 11.3. The zero-order valence-corrected chi connectivity index (χ0v) is 8.70. The summed E-state index contributed by atoms with van der Waals surface area (Å²) >= 11 is 5.43. The molecular formula is C10H14ClNO2. The molecule has 2 unspecified atom stereocenters. The molecule has 1 rings (SSSR count). The Balaban J connectivity index is 2.91. The molecule has 0 spiro atoms. The van der Waals surface area contributed by atoms with E-state index in [1.807, 2.05) is 6.92 Å². The fourth-order valence-electron chi connectivity index (χ4n) is 1.19. The molecule has 4 N–H and O–H groups in total. The van der Waals surface area contributed by atoms with E-state index in [1.54, 1.807) is 18.2 Å². The lowest BCUT2D eigenvalue weighted by molar-refractivity contribution is 0.0327. The molecule has 3 nitrogen and oxygen atoms in total. The Morgan fingerprint density at radius 2 is 2.07 bits per heavy atom. The molecule has 0 bridgehead atoms. The highest BCUT2D eigenvalue weighted by Crippen LogP contribution is 2.21. The highest BCUT2D eigenvalue weighted by molar-refractivity contribution is 6.18. The van der Waals surface area contributed by atoms with E-state index in [0.29, 0.717) is 11.3 Å². The number of hydrogen-bond donors (Lipinski definition) is 3. The zero-order valence-electron chi connectivity index (χ0n) is 7.94. The SMILES string of the molecule is Cc1cc(C(O)C(O)CCl)ccc1N. The molecule has 0 saturated heterocycles. The quantitative estimate of drug-likeness (QED) is 0.525. The van der Waals surface area contributed by atoms with Crippen LogP contribution in [0.15, 0.2) is 18.2 Å². The molecule has 0 saturated carbocycles. The summed E-state index contributed by atoms with van der Waals surface area (Å²) in [5.41, 5.74) is 7.80. The smallest absolute Gasteiger partial charge is 0.106 e. The average Bonchev–Trinajstić information content (AvgIpc) is 2.20. The highest BCUT2D eigenvalue weighted by atomic mass is 35.5. The van der Waals surface area contributed by atoms with Gasteiger partial charge < -0.3 is 15.9 Å². The third kappa shape index (κ3) is 2.38. The van der Waals surface area contributed by atoms with Crippen LogP contribution in [-0.4, -0.2) is 22.2 Å². The molecule has 14 heavy (non-hydrogen) atoms. The number of aryl methyl sites for hydroxylation is 1. The molecule has 78 valence electrons. The number of alkyl halides is 1. The van der Waals surface area contributed by atoms with Crippen molar-refractivity contribution in [1.29, 1.82) is 0 Å². The monoisotopic (exact) mass is 215 g/mol. The van der Waals surface area contributed by atoms with Crippen molar-refractivity contribution in [2.24, 2.45) is 0 Å². The van der Waals surface area contributed by atoms with E-state index in [9.17, 15) is 10.2 Å². The van der Waals surface area contributed by atoms with Gasteiger partial charge in [-0.3, -0.25) is 0 Å². The van der Waals surface area contributed by atoms with Crippen LogP contribution >= 0.6 is 11.6 Å². The Morgan fingerprint density at radius 1 is 1.43 bits per heavy atom. The summed E-state index contributed by atoms with van der Waals surface area (Å²) in [4.78, 5) is 0. The van der Waals surface area contributed by atoms with Gasteiger partial charge in [-0.2, -0.15) is 0 Å². The number of aliphatic hydroxyl groups is 2. The van der Waals surface area contributed by atoms with Crippen LogP contribution in [-0.2, 0) is 0 Å². The lowest BCUT2D eigenvalue weighted by Crippen LogP contribution is -2.19. The Bertz CT molecular complexity index is 317. The van der Waals surface area contributed by atoms with E-state index in [4.69, 9.17) is 17.3 Å². The molecule has 0 aliphatic heterocycles. The summed E-state index contributed by atoms with van der Waals surface area (Å²) in [5, 5.41) is 19.0. The van der Waals surface area contributed by atoms with Crippen molar-refractivity contribution in [2.75, 3.05) is 11.6 Å². The number of anilines is 1. The second-order valence-corrected chi connectivity index (χ2v) is 3.59. The van der Waals surface area contributed by atoms with Crippen molar-refractivity contribution < 1.29 is 10.2 Å². The van der Waals surface area contributed by atoms with Gasteiger partial charge in [0.15, 0.2) is 0 Å². The molecule has 1 aromatic rings. The summed E-state index contributed by atoms with van der Waals surface area (Å²) in [7, 11) is 0. The number of aliphatic hydroxyl groups excluding tert-OH is 2. The molecule has 0 aliphatic rings.